The molecule has 5 rings (SSSR count). The fourth-order valence-corrected chi connectivity index (χ4v) is 4.47. The quantitative estimate of drug-likeness (QED) is 0.485. The molecule has 1 fully saturated rings. The fraction of sp³-hybridized carbons (Fsp3) is 0.292. The number of pyridine rings is 1. The highest BCUT2D eigenvalue weighted by molar-refractivity contribution is 5.96. The van der Waals surface area contributed by atoms with Crippen molar-refractivity contribution in [3.05, 3.63) is 77.7 Å². The monoisotopic (exact) mass is 445 g/mol. The van der Waals surface area contributed by atoms with Crippen LogP contribution in [0.2, 0.25) is 0 Å². The first kappa shape index (κ1) is 21.0. The summed E-state index contributed by atoms with van der Waals surface area (Å²) >= 11 is 0. The number of carbonyl (C=O) groups is 1. The van der Waals surface area contributed by atoms with Crippen LogP contribution in [0.3, 0.4) is 0 Å². The van der Waals surface area contributed by atoms with Gasteiger partial charge >= 0.3 is 0 Å². The molecule has 2 aromatic carbocycles. The molecule has 0 spiro atoms. The van der Waals surface area contributed by atoms with E-state index in [0.29, 0.717) is 30.2 Å². The first-order chi connectivity index (χ1) is 16.0. The number of aryl methyl sites for hydroxylation is 2. The van der Waals surface area contributed by atoms with E-state index in [9.17, 15) is 4.79 Å². The normalized spacial score (nSPS) is 20.7. The molecule has 4 aromatic rings. The van der Waals surface area contributed by atoms with E-state index in [0.717, 1.165) is 16.3 Å². The molecule has 1 N–H and O–H groups in total. The summed E-state index contributed by atoms with van der Waals surface area (Å²) in [6, 6.07) is 15.3. The second kappa shape index (κ2) is 8.57. The summed E-state index contributed by atoms with van der Waals surface area (Å²) in [6.45, 7) is 4.11. The number of rotatable bonds is 4. The molecule has 168 valence electrons. The van der Waals surface area contributed by atoms with E-state index in [4.69, 9.17) is 0 Å². The highest BCUT2D eigenvalue weighted by atomic mass is 19.1. The van der Waals surface area contributed by atoms with Crippen molar-refractivity contribution in [2.75, 3.05) is 11.4 Å². The smallest absolute Gasteiger partial charge is 0.251 e. The molecule has 1 saturated heterocycles. The van der Waals surface area contributed by atoms with Gasteiger partial charge in [-0.1, -0.05) is 36.4 Å². The number of piperidine rings is 1. The van der Waals surface area contributed by atoms with Gasteiger partial charge in [-0.3, -0.25) is 4.79 Å². The minimum atomic E-state index is -1.54. The van der Waals surface area contributed by atoms with Gasteiger partial charge in [0.2, 0.25) is 0 Å². The third kappa shape index (κ3) is 3.90. The van der Waals surface area contributed by atoms with Crippen LogP contribution < -0.4 is 10.2 Å². The van der Waals surface area contributed by atoms with Gasteiger partial charge in [0.25, 0.3) is 5.91 Å². The number of halogens is 1. The Hall–Kier alpha value is -3.88. The van der Waals surface area contributed by atoms with Gasteiger partial charge in [-0.2, -0.15) is 4.80 Å². The Kier molecular flexibility index (Phi) is 5.45. The zero-order chi connectivity index (χ0) is 22.9. The third-order valence-corrected chi connectivity index (χ3v) is 6.08. The van der Waals surface area contributed by atoms with Crippen LogP contribution in [0, 0.1) is 13.8 Å². The molecule has 0 bridgehead atoms. The number of hydrogen-bond donors (Lipinski definition) is 1. The third-order valence-electron chi connectivity index (χ3n) is 6.08. The van der Waals surface area contributed by atoms with Gasteiger partial charge in [-0.15, -0.1) is 10.2 Å². The first-order valence-electron chi connectivity index (χ1n) is 10.9. The van der Waals surface area contributed by atoms with Gasteiger partial charge in [0.05, 0.1) is 6.04 Å². The number of nitrogens with one attached hydrogen (secondary N) is 1. The van der Waals surface area contributed by atoms with Crippen molar-refractivity contribution >= 4 is 22.5 Å². The molecule has 9 heteroatoms. The highest BCUT2D eigenvalue weighted by Gasteiger charge is 2.42. The van der Waals surface area contributed by atoms with Crippen LogP contribution in [0.5, 0.6) is 0 Å². The molecule has 8 nitrogen and oxygen atoms in total. The number of amides is 1. The Morgan fingerprint density at radius 1 is 1.09 bits per heavy atom. The Morgan fingerprint density at radius 3 is 2.67 bits per heavy atom. The van der Waals surface area contributed by atoms with Gasteiger partial charge in [-0.25, -0.2) is 9.37 Å². The van der Waals surface area contributed by atoms with E-state index in [1.54, 1.807) is 42.3 Å². The van der Waals surface area contributed by atoms with E-state index in [2.05, 4.69) is 25.7 Å². The Balaban J connectivity index is 1.53. The molecular weight excluding hydrogens is 421 g/mol. The maximum atomic E-state index is 16.3. The van der Waals surface area contributed by atoms with E-state index in [1.165, 1.54) is 4.80 Å². The predicted molar refractivity (Wildman–Crippen MR) is 123 cm³/mol. The number of benzene rings is 2. The standard InChI is InChI=1S/C24H24FN7O/c1-15-7-6-10-17-11-13-26-23(20(15)17)31-14-12-19(32-29-16(2)28-30-32)21(22(31)25)27-24(33)18-8-4-3-5-9-18/h3-11,13,19,21-22H,12,14H2,1-2H3,(H,27,33)/t19-,21-,22+/m1/s1. The second-order valence-electron chi connectivity index (χ2n) is 8.25. The molecule has 0 radical (unpaired) electrons. The van der Waals surface area contributed by atoms with Gasteiger partial charge in [0.15, 0.2) is 12.1 Å². The summed E-state index contributed by atoms with van der Waals surface area (Å²) in [7, 11) is 0. The van der Waals surface area contributed by atoms with E-state index >= 15 is 4.39 Å². The lowest BCUT2D eigenvalue weighted by Crippen LogP contribution is -2.58. The van der Waals surface area contributed by atoms with Crippen molar-refractivity contribution in [3.8, 4) is 0 Å². The lowest BCUT2D eigenvalue weighted by molar-refractivity contribution is 0.0817. The minimum absolute atomic E-state index is 0.353. The van der Waals surface area contributed by atoms with Crippen LogP contribution >= 0.6 is 0 Å². The maximum absolute atomic E-state index is 16.3. The number of carbonyl (C=O) groups excluding carboxylic acids is 1. The summed E-state index contributed by atoms with van der Waals surface area (Å²) in [6.07, 6.45) is 0.663. The number of aromatic nitrogens is 5. The lowest BCUT2D eigenvalue weighted by Gasteiger charge is -2.41. The molecule has 0 saturated carbocycles. The molecule has 0 aliphatic carbocycles. The molecule has 3 heterocycles. The second-order valence-corrected chi connectivity index (χ2v) is 8.25. The van der Waals surface area contributed by atoms with Crippen LogP contribution in [-0.4, -0.2) is 50.0 Å². The van der Waals surface area contributed by atoms with Gasteiger partial charge in [-0.05, 0) is 54.6 Å². The zero-order valence-corrected chi connectivity index (χ0v) is 18.4. The van der Waals surface area contributed by atoms with Gasteiger partial charge in [0.1, 0.15) is 11.9 Å². The lowest BCUT2D eigenvalue weighted by atomic mass is 9.96. The number of anilines is 1. The Labute approximate surface area is 190 Å². The van der Waals surface area contributed by atoms with E-state index < -0.39 is 18.4 Å². The Morgan fingerprint density at radius 2 is 1.91 bits per heavy atom. The largest absolute Gasteiger partial charge is 0.342 e. The summed E-state index contributed by atoms with van der Waals surface area (Å²) in [4.78, 5) is 20.6. The van der Waals surface area contributed by atoms with Crippen molar-refractivity contribution in [3.63, 3.8) is 0 Å². The van der Waals surface area contributed by atoms with Crippen molar-refractivity contribution < 1.29 is 9.18 Å². The Bertz CT molecular complexity index is 1290. The van der Waals surface area contributed by atoms with Crippen LogP contribution in [0.25, 0.3) is 10.8 Å². The summed E-state index contributed by atoms with van der Waals surface area (Å²) < 4.78 is 16.3. The van der Waals surface area contributed by atoms with E-state index in [-0.39, 0.29) is 5.91 Å². The summed E-state index contributed by atoms with van der Waals surface area (Å²) in [5, 5.41) is 17.1. The van der Waals surface area contributed by atoms with Crippen molar-refractivity contribution in [1.82, 2.24) is 30.5 Å². The molecule has 1 aliphatic heterocycles. The van der Waals surface area contributed by atoms with Crippen LogP contribution in [-0.2, 0) is 0 Å². The molecule has 1 aliphatic rings. The number of hydrogen-bond acceptors (Lipinski definition) is 6. The van der Waals surface area contributed by atoms with E-state index in [1.807, 2.05) is 37.3 Å². The number of nitrogens with zero attached hydrogens (tertiary/aromatic N) is 6. The summed E-state index contributed by atoms with van der Waals surface area (Å²) in [5.74, 6) is 0.708. The average molecular weight is 446 g/mol. The van der Waals surface area contributed by atoms with Crippen molar-refractivity contribution in [1.29, 1.82) is 0 Å². The molecule has 0 unspecified atom stereocenters. The molecule has 2 aromatic heterocycles. The molecule has 1 amide bonds. The fourth-order valence-electron chi connectivity index (χ4n) is 4.47. The van der Waals surface area contributed by atoms with Gasteiger partial charge < -0.3 is 10.2 Å². The average Bonchev–Trinajstić information content (AvgIpc) is 3.26. The number of fused-ring (bicyclic) bond motifs is 1. The maximum Gasteiger partial charge on any atom is 0.251 e. The molecule has 33 heavy (non-hydrogen) atoms. The molecular formula is C24H24FN7O. The predicted octanol–water partition coefficient (Wildman–Crippen LogP) is 3.38. The van der Waals surface area contributed by atoms with Crippen LogP contribution in [0.15, 0.2) is 60.8 Å². The molecule has 3 atom stereocenters. The van der Waals surface area contributed by atoms with Crippen molar-refractivity contribution in [2.45, 2.75) is 38.6 Å². The minimum Gasteiger partial charge on any atom is -0.342 e. The number of alkyl halides is 1. The summed E-state index contributed by atoms with van der Waals surface area (Å²) in [5.41, 5.74) is 1.48. The highest BCUT2D eigenvalue weighted by Crippen LogP contribution is 2.35. The van der Waals surface area contributed by atoms with Gasteiger partial charge in [0, 0.05) is 23.7 Å². The van der Waals surface area contributed by atoms with Crippen molar-refractivity contribution in [2.24, 2.45) is 0 Å². The van der Waals surface area contributed by atoms with Crippen LogP contribution in [0.4, 0.5) is 10.2 Å². The topological polar surface area (TPSA) is 88.8 Å². The SMILES string of the molecule is Cc1nnn([C@@H]2CCN(c3nccc4cccc(C)c34)[C@H](F)[C@@H]2NC(=O)c2ccccc2)n1. The van der Waals surface area contributed by atoms with Crippen LogP contribution in [0.1, 0.15) is 34.2 Å². The zero-order valence-electron chi connectivity index (χ0n) is 18.4. The first-order valence-corrected chi connectivity index (χ1v) is 10.9. The number of tetrazole rings is 1.